The molecule has 0 fully saturated rings. The number of carbonyl (C=O) groups excluding carboxylic acids is 1. The number of sulfone groups is 1. The van der Waals surface area contributed by atoms with Gasteiger partial charge < -0.3 is 10.1 Å². The van der Waals surface area contributed by atoms with Gasteiger partial charge in [-0.15, -0.1) is 0 Å². The van der Waals surface area contributed by atoms with E-state index >= 15 is 0 Å². The first-order chi connectivity index (χ1) is 10.9. The van der Waals surface area contributed by atoms with Crippen molar-refractivity contribution in [2.45, 2.75) is 16.7 Å². The zero-order chi connectivity index (χ0) is 17.0. The molecule has 0 bridgehead atoms. The molecule has 2 rings (SSSR count). The maximum atomic E-state index is 12.9. The average molecular weight is 398 g/mol. The number of ether oxygens (including phenoxy) is 1. The highest BCUT2D eigenvalue weighted by molar-refractivity contribution is 9.10. The van der Waals surface area contributed by atoms with Gasteiger partial charge in [0.2, 0.25) is 9.84 Å². The summed E-state index contributed by atoms with van der Waals surface area (Å²) in [5, 5.41) is 2.81. The first-order valence-electron chi connectivity index (χ1n) is 6.77. The monoisotopic (exact) mass is 397 g/mol. The molecule has 0 radical (unpaired) electrons. The predicted octanol–water partition coefficient (Wildman–Crippen LogP) is 3.18. The minimum absolute atomic E-state index is 0.0905. The van der Waals surface area contributed by atoms with E-state index in [-0.39, 0.29) is 16.3 Å². The van der Waals surface area contributed by atoms with Crippen molar-refractivity contribution in [3.63, 3.8) is 0 Å². The van der Waals surface area contributed by atoms with Crippen LogP contribution >= 0.6 is 15.9 Å². The van der Waals surface area contributed by atoms with Gasteiger partial charge in [0.05, 0.1) is 17.7 Å². The number of nitrogens with one attached hydrogen (secondary N) is 1. The van der Waals surface area contributed by atoms with Crippen LogP contribution in [0, 0.1) is 6.92 Å². The Morgan fingerprint density at radius 1 is 1.17 bits per heavy atom. The Kier molecular flexibility index (Phi) is 5.43. The number of esters is 1. The molecule has 7 heteroatoms. The quantitative estimate of drug-likeness (QED) is 0.784. The molecule has 2 aromatic carbocycles. The van der Waals surface area contributed by atoms with Crippen LogP contribution in [0.3, 0.4) is 0 Å². The Labute approximate surface area is 143 Å². The minimum atomic E-state index is -3.73. The summed E-state index contributed by atoms with van der Waals surface area (Å²) in [6, 6.07) is 11.6. The fourth-order valence-electron chi connectivity index (χ4n) is 2.00. The standard InChI is InChI=1S/C16H16BrNO4S/c1-11-6-8-12(9-7-11)23(20,21)16-13(17)4-3-5-14(16)18-10-15(19)22-2/h3-9,18H,10H2,1-2H3. The van der Waals surface area contributed by atoms with Gasteiger partial charge in [0.25, 0.3) is 0 Å². The molecule has 0 saturated carbocycles. The van der Waals surface area contributed by atoms with Crippen LogP contribution in [0.15, 0.2) is 56.7 Å². The molecular formula is C16H16BrNO4S. The van der Waals surface area contributed by atoms with Gasteiger partial charge in [-0.1, -0.05) is 23.8 Å². The summed E-state index contributed by atoms with van der Waals surface area (Å²) in [6.07, 6.45) is 0. The van der Waals surface area contributed by atoms with Gasteiger partial charge in [0.1, 0.15) is 11.4 Å². The fourth-order valence-corrected chi connectivity index (χ4v) is 4.49. The first-order valence-corrected chi connectivity index (χ1v) is 9.05. The van der Waals surface area contributed by atoms with E-state index in [9.17, 15) is 13.2 Å². The van der Waals surface area contributed by atoms with Crippen molar-refractivity contribution in [1.29, 1.82) is 0 Å². The molecule has 1 N–H and O–H groups in total. The second-order valence-corrected chi connectivity index (χ2v) is 7.60. The number of carbonyl (C=O) groups is 1. The van der Waals surface area contributed by atoms with Gasteiger partial charge in [-0.3, -0.25) is 4.79 Å². The molecule has 0 saturated heterocycles. The number of halogens is 1. The summed E-state index contributed by atoms with van der Waals surface area (Å²) >= 11 is 3.28. The van der Waals surface area contributed by atoms with Crippen molar-refractivity contribution in [2.75, 3.05) is 19.0 Å². The predicted molar refractivity (Wildman–Crippen MR) is 91.3 cm³/mol. The summed E-state index contributed by atoms with van der Waals surface area (Å²) in [4.78, 5) is 11.6. The van der Waals surface area contributed by atoms with E-state index in [1.165, 1.54) is 7.11 Å². The van der Waals surface area contributed by atoms with Crippen LogP contribution in [0.4, 0.5) is 5.69 Å². The number of anilines is 1. The molecule has 0 atom stereocenters. The molecule has 5 nitrogen and oxygen atoms in total. The zero-order valence-corrected chi connectivity index (χ0v) is 15.1. The minimum Gasteiger partial charge on any atom is -0.468 e. The zero-order valence-electron chi connectivity index (χ0n) is 12.7. The summed E-state index contributed by atoms with van der Waals surface area (Å²) in [6.45, 7) is 1.77. The third-order valence-corrected chi connectivity index (χ3v) is 6.01. The second kappa shape index (κ2) is 7.14. The van der Waals surface area contributed by atoms with Crippen molar-refractivity contribution < 1.29 is 17.9 Å². The molecule has 2 aromatic rings. The van der Waals surface area contributed by atoms with Crippen molar-refractivity contribution in [1.82, 2.24) is 0 Å². The van der Waals surface area contributed by atoms with Crippen LogP contribution in [0.25, 0.3) is 0 Å². The lowest BCUT2D eigenvalue weighted by molar-refractivity contribution is -0.138. The Balaban J connectivity index is 2.48. The average Bonchev–Trinajstić information content (AvgIpc) is 2.52. The Hall–Kier alpha value is -1.86. The van der Waals surface area contributed by atoms with E-state index in [2.05, 4.69) is 26.0 Å². The topological polar surface area (TPSA) is 72.5 Å². The molecule has 0 aliphatic carbocycles. The first kappa shape index (κ1) is 17.5. The van der Waals surface area contributed by atoms with Crippen LogP contribution in [0.1, 0.15) is 5.56 Å². The second-order valence-electron chi connectivity index (χ2n) is 4.86. The summed E-state index contributed by atoms with van der Waals surface area (Å²) < 4.78 is 30.8. The van der Waals surface area contributed by atoms with Gasteiger partial charge >= 0.3 is 5.97 Å². The summed E-state index contributed by atoms with van der Waals surface area (Å²) in [5.41, 5.74) is 1.31. The van der Waals surface area contributed by atoms with Crippen LogP contribution in [-0.2, 0) is 19.4 Å². The molecule has 0 aliphatic rings. The molecule has 0 unspecified atom stereocenters. The number of hydrogen-bond donors (Lipinski definition) is 1. The smallest absolute Gasteiger partial charge is 0.325 e. The number of hydrogen-bond acceptors (Lipinski definition) is 5. The van der Waals surface area contributed by atoms with Crippen molar-refractivity contribution in [2.24, 2.45) is 0 Å². The molecule has 0 aliphatic heterocycles. The highest BCUT2D eigenvalue weighted by atomic mass is 79.9. The fraction of sp³-hybridized carbons (Fsp3) is 0.188. The number of rotatable bonds is 5. The third-order valence-electron chi connectivity index (χ3n) is 3.22. The summed E-state index contributed by atoms with van der Waals surface area (Å²) in [5.74, 6) is -0.483. The van der Waals surface area contributed by atoms with Crippen LogP contribution < -0.4 is 5.32 Å². The molecule has 0 heterocycles. The highest BCUT2D eigenvalue weighted by Gasteiger charge is 2.24. The van der Waals surface area contributed by atoms with E-state index < -0.39 is 15.8 Å². The van der Waals surface area contributed by atoms with E-state index in [1.54, 1.807) is 42.5 Å². The van der Waals surface area contributed by atoms with Gasteiger partial charge in [0, 0.05) is 4.47 Å². The molecule has 0 aromatic heterocycles. The van der Waals surface area contributed by atoms with Crippen molar-refractivity contribution in [3.8, 4) is 0 Å². The molecule has 122 valence electrons. The molecule has 23 heavy (non-hydrogen) atoms. The maximum absolute atomic E-state index is 12.9. The lowest BCUT2D eigenvalue weighted by atomic mass is 10.2. The van der Waals surface area contributed by atoms with E-state index in [0.717, 1.165) is 5.56 Å². The molecule has 0 spiro atoms. The van der Waals surface area contributed by atoms with E-state index in [4.69, 9.17) is 0 Å². The van der Waals surface area contributed by atoms with E-state index in [1.807, 2.05) is 6.92 Å². The highest BCUT2D eigenvalue weighted by Crippen LogP contribution is 2.34. The summed E-state index contributed by atoms with van der Waals surface area (Å²) in [7, 11) is -2.46. The van der Waals surface area contributed by atoms with Gasteiger partial charge in [-0.2, -0.15) is 0 Å². The Bertz CT molecular complexity index is 816. The third kappa shape index (κ3) is 3.92. The van der Waals surface area contributed by atoms with Crippen molar-refractivity contribution >= 4 is 37.4 Å². The number of aryl methyl sites for hydroxylation is 1. The maximum Gasteiger partial charge on any atom is 0.325 e. The lowest BCUT2D eigenvalue weighted by Gasteiger charge is -2.14. The van der Waals surface area contributed by atoms with Gasteiger partial charge in [-0.05, 0) is 47.1 Å². The van der Waals surface area contributed by atoms with Gasteiger partial charge in [-0.25, -0.2) is 8.42 Å². The van der Waals surface area contributed by atoms with Gasteiger partial charge in [0.15, 0.2) is 0 Å². The number of methoxy groups -OCH3 is 1. The van der Waals surface area contributed by atoms with E-state index in [0.29, 0.717) is 10.2 Å². The lowest BCUT2D eigenvalue weighted by Crippen LogP contribution is -2.17. The normalized spacial score (nSPS) is 11.1. The largest absolute Gasteiger partial charge is 0.468 e. The van der Waals surface area contributed by atoms with Crippen LogP contribution in [0.2, 0.25) is 0 Å². The molecule has 0 amide bonds. The van der Waals surface area contributed by atoms with Crippen LogP contribution in [0.5, 0.6) is 0 Å². The Morgan fingerprint density at radius 2 is 1.83 bits per heavy atom. The van der Waals surface area contributed by atoms with Crippen LogP contribution in [-0.4, -0.2) is 28.0 Å². The Morgan fingerprint density at radius 3 is 2.43 bits per heavy atom. The SMILES string of the molecule is COC(=O)CNc1cccc(Br)c1S(=O)(=O)c1ccc(C)cc1. The van der Waals surface area contributed by atoms with Crippen molar-refractivity contribution in [3.05, 3.63) is 52.5 Å². The number of benzene rings is 2. The molecular weight excluding hydrogens is 382 g/mol.